The summed E-state index contributed by atoms with van der Waals surface area (Å²) in [6.45, 7) is 3.14. The minimum atomic E-state index is -4.46. The molecule has 0 saturated carbocycles. The van der Waals surface area contributed by atoms with E-state index in [9.17, 15) is 18.0 Å². The number of halogens is 3. The lowest BCUT2D eigenvalue weighted by atomic mass is 10.1. The predicted octanol–water partition coefficient (Wildman–Crippen LogP) is 5.56. The standard InChI is InChI=1S/C29H28F3N5OS/c1-35-14-16-36(17-15-35)27(38)23-12-10-22(11-13-23)20-39-28-34-33-26(18-21-6-3-2-4-7-21)37(28)25-9-5-8-24(19-25)29(30,31)32/h2-13,19H,14-18,20H2,1H3. The van der Waals surface area contributed by atoms with Crippen molar-refractivity contribution in [3.05, 3.63) is 107 Å². The molecule has 202 valence electrons. The maximum atomic E-state index is 13.5. The number of rotatable bonds is 7. The molecule has 10 heteroatoms. The molecular weight excluding hydrogens is 523 g/mol. The van der Waals surface area contributed by atoms with Crippen molar-refractivity contribution in [2.45, 2.75) is 23.5 Å². The van der Waals surface area contributed by atoms with E-state index >= 15 is 0 Å². The number of carbonyl (C=O) groups excluding carboxylic acids is 1. The Morgan fingerprint density at radius 3 is 2.28 bits per heavy atom. The smallest absolute Gasteiger partial charge is 0.336 e. The largest absolute Gasteiger partial charge is 0.416 e. The lowest BCUT2D eigenvalue weighted by Crippen LogP contribution is -2.47. The van der Waals surface area contributed by atoms with Crippen LogP contribution in [0.4, 0.5) is 13.2 Å². The van der Waals surface area contributed by atoms with Crippen molar-refractivity contribution in [1.29, 1.82) is 0 Å². The summed E-state index contributed by atoms with van der Waals surface area (Å²) in [6.07, 6.45) is -4.03. The Bertz CT molecular complexity index is 1420. The summed E-state index contributed by atoms with van der Waals surface area (Å²) in [5.74, 6) is 1.10. The quantitative estimate of drug-likeness (QED) is 0.282. The number of alkyl halides is 3. The fourth-order valence-electron chi connectivity index (χ4n) is 4.45. The molecule has 0 atom stereocenters. The number of amides is 1. The van der Waals surface area contributed by atoms with Gasteiger partial charge in [0, 0.05) is 43.9 Å². The van der Waals surface area contributed by atoms with Crippen LogP contribution in [0.5, 0.6) is 0 Å². The molecule has 0 bridgehead atoms. The molecule has 0 aliphatic carbocycles. The van der Waals surface area contributed by atoms with Gasteiger partial charge in [0.1, 0.15) is 5.82 Å². The molecule has 4 aromatic rings. The first kappa shape index (κ1) is 27.0. The van der Waals surface area contributed by atoms with Crippen molar-refractivity contribution in [1.82, 2.24) is 24.6 Å². The van der Waals surface area contributed by atoms with Gasteiger partial charge in [-0.1, -0.05) is 60.3 Å². The third-order valence-corrected chi connectivity index (χ3v) is 7.70. The van der Waals surface area contributed by atoms with Crippen LogP contribution >= 0.6 is 11.8 Å². The molecule has 1 aromatic heterocycles. The van der Waals surface area contributed by atoms with Crippen molar-refractivity contribution >= 4 is 17.7 Å². The van der Waals surface area contributed by atoms with Gasteiger partial charge in [-0.3, -0.25) is 9.36 Å². The summed E-state index contributed by atoms with van der Waals surface area (Å²) in [5, 5.41) is 9.18. The van der Waals surface area contributed by atoms with Crippen LogP contribution in [0.25, 0.3) is 5.69 Å². The monoisotopic (exact) mass is 551 g/mol. The minimum absolute atomic E-state index is 0.0251. The van der Waals surface area contributed by atoms with Crippen LogP contribution in [0.3, 0.4) is 0 Å². The SMILES string of the molecule is CN1CCN(C(=O)c2ccc(CSc3nnc(Cc4ccccc4)n3-c3cccc(C(F)(F)F)c3)cc2)CC1. The summed E-state index contributed by atoms with van der Waals surface area (Å²) in [5.41, 5.74) is 2.23. The second-order valence-corrected chi connectivity index (χ2v) is 10.5. The summed E-state index contributed by atoms with van der Waals surface area (Å²) in [4.78, 5) is 16.9. The van der Waals surface area contributed by atoms with Crippen LogP contribution < -0.4 is 0 Å². The van der Waals surface area contributed by atoms with Gasteiger partial charge in [-0.25, -0.2) is 0 Å². The molecule has 1 saturated heterocycles. The van der Waals surface area contributed by atoms with E-state index < -0.39 is 11.7 Å². The van der Waals surface area contributed by atoms with Gasteiger partial charge in [0.05, 0.1) is 11.3 Å². The van der Waals surface area contributed by atoms with Crippen molar-refractivity contribution in [3.8, 4) is 5.69 Å². The van der Waals surface area contributed by atoms with Gasteiger partial charge in [0.25, 0.3) is 5.91 Å². The molecule has 1 aliphatic rings. The number of aromatic nitrogens is 3. The molecule has 1 amide bonds. The highest BCUT2D eigenvalue weighted by Gasteiger charge is 2.31. The topological polar surface area (TPSA) is 54.3 Å². The lowest BCUT2D eigenvalue weighted by molar-refractivity contribution is -0.137. The first-order valence-electron chi connectivity index (χ1n) is 12.6. The Labute approximate surface area is 229 Å². The molecular formula is C29H28F3N5OS. The van der Waals surface area contributed by atoms with Crippen molar-refractivity contribution in [2.75, 3.05) is 33.2 Å². The Morgan fingerprint density at radius 1 is 0.872 bits per heavy atom. The number of hydrogen-bond donors (Lipinski definition) is 0. The van der Waals surface area contributed by atoms with Gasteiger partial charge in [-0.2, -0.15) is 13.2 Å². The first-order valence-corrected chi connectivity index (χ1v) is 13.6. The van der Waals surface area contributed by atoms with Gasteiger partial charge in [0.15, 0.2) is 5.16 Å². The molecule has 0 N–H and O–H groups in total. The van der Waals surface area contributed by atoms with E-state index in [1.165, 1.54) is 17.8 Å². The number of benzene rings is 3. The van der Waals surface area contributed by atoms with Gasteiger partial charge in [-0.05, 0) is 48.5 Å². The van der Waals surface area contributed by atoms with Crippen LogP contribution in [0.15, 0.2) is 84.0 Å². The number of piperazine rings is 1. The Morgan fingerprint density at radius 2 is 1.59 bits per heavy atom. The normalized spacial score (nSPS) is 14.5. The zero-order chi connectivity index (χ0) is 27.4. The van der Waals surface area contributed by atoms with E-state index in [4.69, 9.17) is 0 Å². The average Bonchev–Trinajstić information content (AvgIpc) is 3.34. The van der Waals surface area contributed by atoms with E-state index in [1.54, 1.807) is 10.6 Å². The van der Waals surface area contributed by atoms with E-state index in [-0.39, 0.29) is 5.91 Å². The molecule has 5 rings (SSSR count). The summed E-state index contributed by atoms with van der Waals surface area (Å²) in [6, 6.07) is 22.3. The second kappa shape index (κ2) is 11.6. The van der Waals surface area contributed by atoms with E-state index in [0.29, 0.717) is 47.5 Å². The van der Waals surface area contributed by atoms with Crippen LogP contribution in [0, 0.1) is 0 Å². The lowest BCUT2D eigenvalue weighted by Gasteiger charge is -2.32. The molecule has 1 aliphatic heterocycles. The fraction of sp³-hybridized carbons (Fsp3) is 0.276. The highest BCUT2D eigenvalue weighted by Crippen LogP contribution is 2.32. The molecule has 1 fully saturated rings. The highest BCUT2D eigenvalue weighted by molar-refractivity contribution is 7.98. The molecule has 2 heterocycles. The molecule has 0 unspecified atom stereocenters. The molecule has 6 nitrogen and oxygen atoms in total. The van der Waals surface area contributed by atoms with Crippen LogP contribution in [0.1, 0.15) is 32.9 Å². The van der Waals surface area contributed by atoms with E-state index in [2.05, 4.69) is 15.1 Å². The minimum Gasteiger partial charge on any atom is -0.336 e. The van der Waals surface area contributed by atoms with Crippen LogP contribution in [-0.2, 0) is 18.3 Å². The number of thioether (sulfide) groups is 1. The van der Waals surface area contributed by atoms with Gasteiger partial charge in [-0.15, -0.1) is 10.2 Å². The maximum absolute atomic E-state index is 13.5. The Balaban J connectivity index is 1.36. The average molecular weight is 552 g/mol. The van der Waals surface area contributed by atoms with Gasteiger partial charge in [0.2, 0.25) is 0 Å². The molecule has 39 heavy (non-hydrogen) atoms. The Hall–Kier alpha value is -3.63. The fourth-order valence-corrected chi connectivity index (χ4v) is 5.38. The van der Waals surface area contributed by atoms with Crippen molar-refractivity contribution in [3.63, 3.8) is 0 Å². The van der Waals surface area contributed by atoms with Crippen molar-refractivity contribution in [2.24, 2.45) is 0 Å². The first-order chi connectivity index (χ1) is 18.8. The van der Waals surface area contributed by atoms with Crippen LogP contribution in [0.2, 0.25) is 0 Å². The molecule has 0 spiro atoms. The zero-order valence-corrected chi connectivity index (χ0v) is 22.3. The molecule has 3 aromatic carbocycles. The highest BCUT2D eigenvalue weighted by atomic mass is 32.2. The number of carbonyl (C=O) groups is 1. The summed E-state index contributed by atoms with van der Waals surface area (Å²) >= 11 is 1.39. The van der Waals surface area contributed by atoms with Crippen molar-refractivity contribution < 1.29 is 18.0 Å². The summed E-state index contributed by atoms with van der Waals surface area (Å²) < 4.78 is 42.1. The van der Waals surface area contributed by atoms with E-state index in [1.807, 2.05) is 66.5 Å². The third-order valence-electron chi connectivity index (χ3n) is 6.70. The van der Waals surface area contributed by atoms with E-state index in [0.717, 1.165) is 36.3 Å². The third kappa shape index (κ3) is 6.51. The maximum Gasteiger partial charge on any atom is 0.416 e. The number of nitrogens with zero attached hydrogens (tertiary/aromatic N) is 5. The number of hydrogen-bond acceptors (Lipinski definition) is 5. The summed E-state index contributed by atoms with van der Waals surface area (Å²) in [7, 11) is 2.05. The predicted molar refractivity (Wildman–Crippen MR) is 145 cm³/mol. The second-order valence-electron chi connectivity index (χ2n) is 9.53. The Kier molecular flexibility index (Phi) is 8.04. The zero-order valence-electron chi connectivity index (χ0n) is 21.4. The molecule has 0 radical (unpaired) electrons. The van der Waals surface area contributed by atoms with Crippen LogP contribution in [-0.4, -0.2) is 63.7 Å². The van der Waals surface area contributed by atoms with Gasteiger partial charge < -0.3 is 9.80 Å². The number of likely N-dealkylation sites (N-methyl/N-ethyl adjacent to an activating group) is 1. The van der Waals surface area contributed by atoms with Gasteiger partial charge >= 0.3 is 6.18 Å².